The van der Waals surface area contributed by atoms with Crippen LogP contribution in [0.3, 0.4) is 0 Å². The van der Waals surface area contributed by atoms with Crippen molar-refractivity contribution in [1.82, 2.24) is 0 Å². The Morgan fingerprint density at radius 2 is 1.78 bits per heavy atom. The van der Waals surface area contributed by atoms with Crippen molar-refractivity contribution in [2.45, 2.75) is 31.6 Å². The Bertz CT molecular complexity index is 858. The van der Waals surface area contributed by atoms with Crippen LogP contribution in [0.25, 0.3) is 0 Å². The SMILES string of the molecule is CCOC(=O)C1=C[C@H](c2ccc(Br)cc2)[C@](CC)(c2ccccc2)C(=O)O1. The molecular weight excluding hydrogens is 408 g/mol. The Labute approximate surface area is 167 Å². The van der Waals surface area contributed by atoms with Gasteiger partial charge in [-0.15, -0.1) is 0 Å². The summed E-state index contributed by atoms with van der Waals surface area (Å²) in [6.07, 6.45) is 2.25. The highest BCUT2D eigenvalue weighted by molar-refractivity contribution is 9.10. The molecule has 140 valence electrons. The van der Waals surface area contributed by atoms with Crippen LogP contribution in [0.5, 0.6) is 0 Å². The summed E-state index contributed by atoms with van der Waals surface area (Å²) >= 11 is 3.45. The van der Waals surface area contributed by atoms with Gasteiger partial charge in [-0.25, -0.2) is 4.79 Å². The van der Waals surface area contributed by atoms with E-state index in [4.69, 9.17) is 9.47 Å². The molecule has 0 radical (unpaired) electrons. The van der Waals surface area contributed by atoms with Gasteiger partial charge in [0.1, 0.15) is 5.41 Å². The first kappa shape index (κ1) is 19.4. The zero-order valence-electron chi connectivity index (χ0n) is 15.3. The number of carbonyl (C=O) groups is 2. The number of carbonyl (C=O) groups excluding carboxylic acids is 2. The second-order valence-electron chi connectivity index (χ2n) is 6.36. The van der Waals surface area contributed by atoms with Crippen molar-refractivity contribution in [2.24, 2.45) is 0 Å². The molecule has 0 N–H and O–H groups in total. The Hall–Kier alpha value is -2.40. The molecule has 1 aliphatic rings. The minimum atomic E-state index is -0.912. The summed E-state index contributed by atoms with van der Waals surface area (Å²) in [5.41, 5.74) is 0.886. The largest absolute Gasteiger partial charge is 0.460 e. The lowest BCUT2D eigenvalue weighted by atomic mass is 9.64. The monoisotopic (exact) mass is 428 g/mol. The van der Waals surface area contributed by atoms with Gasteiger partial charge in [-0.1, -0.05) is 65.3 Å². The first-order chi connectivity index (χ1) is 13.0. The fourth-order valence-electron chi connectivity index (χ4n) is 3.61. The van der Waals surface area contributed by atoms with Crippen LogP contribution in [0.2, 0.25) is 0 Å². The molecule has 27 heavy (non-hydrogen) atoms. The van der Waals surface area contributed by atoms with E-state index in [1.807, 2.05) is 61.5 Å². The van der Waals surface area contributed by atoms with E-state index < -0.39 is 17.4 Å². The van der Waals surface area contributed by atoms with Crippen LogP contribution in [0.15, 0.2) is 70.9 Å². The van der Waals surface area contributed by atoms with Gasteiger partial charge in [-0.2, -0.15) is 0 Å². The molecule has 0 aliphatic carbocycles. The average Bonchev–Trinajstić information content (AvgIpc) is 2.69. The van der Waals surface area contributed by atoms with Crippen molar-refractivity contribution >= 4 is 27.9 Å². The highest BCUT2D eigenvalue weighted by Crippen LogP contribution is 2.47. The van der Waals surface area contributed by atoms with Crippen molar-refractivity contribution in [2.75, 3.05) is 6.61 Å². The second-order valence-corrected chi connectivity index (χ2v) is 7.28. The summed E-state index contributed by atoms with van der Waals surface area (Å²) in [7, 11) is 0. The van der Waals surface area contributed by atoms with Gasteiger partial charge in [-0.05, 0) is 42.7 Å². The first-order valence-electron chi connectivity index (χ1n) is 8.95. The fourth-order valence-corrected chi connectivity index (χ4v) is 3.87. The van der Waals surface area contributed by atoms with Crippen LogP contribution >= 0.6 is 15.9 Å². The predicted molar refractivity (Wildman–Crippen MR) is 106 cm³/mol. The van der Waals surface area contributed by atoms with Crippen LogP contribution in [0, 0.1) is 0 Å². The van der Waals surface area contributed by atoms with Crippen molar-refractivity contribution < 1.29 is 19.1 Å². The summed E-state index contributed by atoms with van der Waals surface area (Å²) in [6.45, 7) is 3.90. The van der Waals surface area contributed by atoms with Crippen molar-refractivity contribution in [3.63, 3.8) is 0 Å². The fraction of sp³-hybridized carbons (Fsp3) is 0.273. The Morgan fingerprint density at radius 1 is 1.11 bits per heavy atom. The number of halogens is 1. The van der Waals surface area contributed by atoms with Gasteiger partial charge in [-0.3, -0.25) is 4.79 Å². The number of rotatable bonds is 5. The Kier molecular flexibility index (Phi) is 5.80. The maximum atomic E-state index is 13.2. The van der Waals surface area contributed by atoms with Gasteiger partial charge in [0.05, 0.1) is 6.61 Å². The van der Waals surface area contributed by atoms with Crippen LogP contribution < -0.4 is 0 Å². The molecule has 1 heterocycles. The molecule has 5 heteroatoms. The third-order valence-corrected chi connectivity index (χ3v) is 5.50. The van der Waals surface area contributed by atoms with E-state index in [0.717, 1.165) is 15.6 Å². The number of hydrogen-bond donors (Lipinski definition) is 0. The molecule has 2 aromatic carbocycles. The van der Waals surface area contributed by atoms with E-state index in [1.54, 1.807) is 13.0 Å². The molecule has 0 spiro atoms. The number of esters is 2. The lowest BCUT2D eigenvalue weighted by Gasteiger charge is -2.40. The third kappa shape index (κ3) is 3.56. The standard InChI is InChI=1S/C22H21BrO4/c1-3-22(16-8-6-5-7-9-16)18(15-10-12-17(23)13-11-15)14-19(27-21(22)25)20(24)26-4-2/h5-14,18H,3-4H2,1-2H3/t18-,22+/m1/s1. The first-order valence-corrected chi connectivity index (χ1v) is 9.74. The predicted octanol–water partition coefficient (Wildman–Crippen LogP) is 4.88. The summed E-state index contributed by atoms with van der Waals surface area (Å²) in [5.74, 6) is -1.45. The maximum Gasteiger partial charge on any atom is 0.374 e. The van der Waals surface area contributed by atoms with E-state index in [1.165, 1.54) is 0 Å². The topological polar surface area (TPSA) is 52.6 Å². The molecular formula is C22H21BrO4. The van der Waals surface area contributed by atoms with Gasteiger partial charge < -0.3 is 9.47 Å². The molecule has 1 aliphatic heterocycles. The molecule has 0 bridgehead atoms. The number of cyclic esters (lactones) is 1. The van der Waals surface area contributed by atoms with Crippen molar-refractivity contribution in [3.8, 4) is 0 Å². The molecule has 0 saturated heterocycles. The second kappa shape index (κ2) is 8.09. The molecule has 4 nitrogen and oxygen atoms in total. The van der Waals surface area contributed by atoms with Crippen LogP contribution in [-0.2, 0) is 24.5 Å². The molecule has 0 unspecified atom stereocenters. The van der Waals surface area contributed by atoms with Gasteiger partial charge in [0.15, 0.2) is 0 Å². The molecule has 3 rings (SSSR count). The molecule has 0 aromatic heterocycles. The molecule has 2 atom stereocenters. The van der Waals surface area contributed by atoms with Crippen molar-refractivity contribution in [3.05, 3.63) is 82.0 Å². The quantitative estimate of drug-likeness (QED) is 0.636. The summed E-state index contributed by atoms with van der Waals surface area (Å²) in [6, 6.07) is 17.4. The van der Waals surface area contributed by atoms with E-state index in [0.29, 0.717) is 6.42 Å². The zero-order valence-corrected chi connectivity index (χ0v) is 16.9. The highest BCUT2D eigenvalue weighted by atomic mass is 79.9. The van der Waals surface area contributed by atoms with E-state index in [-0.39, 0.29) is 18.3 Å². The van der Waals surface area contributed by atoms with Gasteiger partial charge in [0.2, 0.25) is 5.76 Å². The number of allylic oxidation sites excluding steroid dienone is 1. The van der Waals surface area contributed by atoms with Crippen LogP contribution in [0.1, 0.15) is 37.3 Å². The van der Waals surface area contributed by atoms with Crippen LogP contribution in [0.4, 0.5) is 0 Å². The highest BCUT2D eigenvalue weighted by Gasteiger charge is 2.51. The summed E-state index contributed by atoms with van der Waals surface area (Å²) < 4.78 is 11.5. The number of benzene rings is 2. The summed E-state index contributed by atoms with van der Waals surface area (Å²) in [4.78, 5) is 25.5. The smallest absolute Gasteiger partial charge is 0.374 e. The molecule has 0 fully saturated rings. The van der Waals surface area contributed by atoms with E-state index in [9.17, 15) is 9.59 Å². The Balaban J connectivity index is 2.19. The van der Waals surface area contributed by atoms with Gasteiger partial charge in [0.25, 0.3) is 0 Å². The van der Waals surface area contributed by atoms with Gasteiger partial charge >= 0.3 is 11.9 Å². The lowest BCUT2D eigenvalue weighted by molar-refractivity contribution is -0.157. The Morgan fingerprint density at radius 3 is 2.37 bits per heavy atom. The molecule has 0 amide bonds. The van der Waals surface area contributed by atoms with Crippen LogP contribution in [-0.4, -0.2) is 18.5 Å². The minimum absolute atomic E-state index is 0.0465. The van der Waals surface area contributed by atoms with Gasteiger partial charge in [0, 0.05) is 10.4 Å². The molecule has 0 saturated carbocycles. The third-order valence-electron chi connectivity index (χ3n) is 4.97. The zero-order chi connectivity index (χ0) is 19.4. The number of hydrogen-bond acceptors (Lipinski definition) is 4. The minimum Gasteiger partial charge on any atom is -0.460 e. The van der Waals surface area contributed by atoms with E-state index >= 15 is 0 Å². The van der Waals surface area contributed by atoms with E-state index in [2.05, 4.69) is 15.9 Å². The lowest BCUT2D eigenvalue weighted by Crippen LogP contribution is -2.45. The van der Waals surface area contributed by atoms with Crippen molar-refractivity contribution in [1.29, 1.82) is 0 Å². The maximum absolute atomic E-state index is 13.2. The summed E-state index contributed by atoms with van der Waals surface area (Å²) in [5, 5.41) is 0. The number of ether oxygens (including phenoxy) is 2. The molecule has 2 aromatic rings. The normalized spacial score (nSPS) is 22.0. The average molecular weight is 429 g/mol.